The Kier molecular flexibility index (Phi) is 2.23. The van der Waals surface area contributed by atoms with Crippen LogP contribution < -0.4 is 0 Å². The van der Waals surface area contributed by atoms with Crippen LogP contribution in [0.1, 0.15) is 5.56 Å². The molecule has 0 aliphatic rings. The van der Waals surface area contributed by atoms with Crippen LogP contribution in [0.25, 0.3) is 0 Å². The Labute approximate surface area is 68.1 Å². The summed E-state index contributed by atoms with van der Waals surface area (Å²) >= 11 is 0. The van der Waals surface area contributed by atoms with Crippen LogP contribution in [-0.2, 0) is 0 Å². The van der Waals surface area contributed by atoms with Gasteiger partial charge in [-0.1, -0.05) is 0 Å². The summed E-state index contributed by atoms with van der Waals surface area (Å²) in [6, 6.07) is 3.66. The maximum absolute atomic E-state index is 12.6. The Balaban J connectivity index is 3.23. The van der Waals surface area contributed by atoms with Crippen molar-refractivity contribution >= 4 is 5.69 Å². The van der Waals surface area contributed by atoms with Crippen LogP contribution >= 0.6 is 0 Å². The van der Waals surface area contributed by atoms with Gasteiger partial charge in [0.1, 0.15) is 5.82 Å². The van der Waals surface area contributed by atoms with Gasteiger partial charge in [0.15, 0.2) is 0 Å². The number of hydrogen-bond acceptors (Lipinski definition) is 2. The first-order chi connectivity index (χ1) is 5.65. The van der Waals surface area contributed by atoms with Crippen LogP contribution in [0.3, 0.4) is 0 Å². The molecule has 0 fully saturated rings. The highest BCUT2D eigenvalue weighted by atomic mass is 19.1. The van der Waals surface area contributed by atoms with E-state index in [0.29, 0.717) is 5.56 Å². The third kappa shape index (κ3) is 1.50. The minimum atomic E-state index is -0.542. The van der Waals surface area contributed by atoms with Crippen molar-refractivity contribution in [3.63, 3.8) is 0 Å². The van der Waals surface area contributed by atoms with E-state index in [9.17, 15) is 9.60 Å². The van der Waals surface area contributed by atoms with Gasteiger partial charge in [0.25, 0.3) is 5.69 Å². The van der Waals surface area contributed by atoms with Crippen molar-refractivity contribution < 1.29 is 14.5 Å². The molecule has 0 bridgehead atoms. The fourth-order valence-electron chi connectivity index (χ4n) is 0.837. The molecule has 0 saturated heterocycles. The Bertz CT molecular complexity index is 325. The molecule has 64 valence electrons. The first-order valence-corrected chi connectivity index (χ1v) is 3.23. The summed E-state index contributed by atoms with van der Waals surface area (Å²) in [6.07, 6.45) is 0. The fraction of sp³-hybridized carbons (Fsp3) is 0.143. The normalized spacial score (nSPS) is 11.7. The minimum Gasteiger partial charge on any atom is -0.592 e. The van der Waals surface area contributed by atoms with Crippen molar-refractivity contribution in [2.45, 2.75) is 6.92 Å². The van der Waals surface area contributed by atoms with E-state index in [0.717, 1.165) is 6.07 Å². The van der Waals surface area contributed by atoms with Crippen molar-refractivity contribution in [1.29, 1.82) is 0 Å². The highest BCUT2D eigenvalue weighted by molar-refractivity contribution is 5.38. The van der Waals surface area contributed by atoms with Crippen molar-refractivity contribution in [3.8, 4) is 0 Å². The van der Waals surface area contributed by atoms with Gasteiger partial charge in [0.05, 0.1) is 0 Å². The van der Waals surface area contributed by atoms with Crippen molar-refractivity contribution in [1.82, 2.24) is 0 Å². The van der Waals surface area contributed by atoms with Crippen LogP contribution in [-0.4, -0.2) is 10.1 Å². The van der Waals surface area contributed by atoms with Crippen LogP contribution in [0.5, 0.6) is 0 Å². The van der Waals surface area contributed by atoms with Crippen LogP contribution in [0.4, 0.5) is 10.1 Å². The molecule has 0 saturated carbocycles. The molecule has 12 heavy (non-hydrogen) atoms. The highest BCUT2D eigenvalue weighted by Crippen LogP contribution is 2.18. The SMILES string of the molecule is Cc1ccc(F)cc1/[N+]([O-])=N/O. The Morgan fingerprint density at radius 1 is 1.58 bits per heavy atom. The van der Waals surface area contributed by atoms with E-state index in [1.807, 2.05) is 0 Å². The summed E-state index contributed by atoms with van der Waals surface area (Å²) in [5, 5.41) is 21.2. The summed E-state index contributed by atoms with van der Waals surface area (Å²) in [4.78, 5) is -0.0432. The monoisotopic (exact) mass is 170 g/mol. The maximum Gasteiger partial charge on any atom is 0.254 e. The van der Waals surface area contributed by atoms with Crippen LogP contribution in [0.15, 0.2) is 23.5 Å². The number of hydrogen-bond donors (Lipinski definition) is 1. The molecule has 0 spiro atoms. The zero-order valence-electron chi connectivity index (χ0n) is 6.36. The molecule has 0 radical (unpaired) electrons. The van der Waals surface area contributed by atoms with Gasteiger partial charge in [0.2, 0.25) is 5.28 Å². The van der Waals surface area contributed by atoms with Gasteiger partial charge in [-0.3, -0.25) is 0 Å². The Hall–Kier alpha value is -1.65. The number of halogens is 1. The van der Waals surface area contributed by atoms with E-state index < -0.39 is 5.82 Å². The summed E-state index contributed by atoms with van der Waals surface area (Å²) in [5.41, 5.74) is 0.543. The third-order valence-corrected chi connectivity index (χ3v) is 1.46. The number of nitrogens with zero attached hydrogens (tertiary/aromatic N) is 2. The van der Waals surface area contributed by atoms with Gasteiger partial charge in [0, 0.05) is 11.6 Å². The van der Waals surface area contributed by atoms with Crippen molar-refractivity contribution in [2.75, 3.05) is 0 Å². The topological polar surface area (TPSA) is 58.7 Å². The average Bonchev–Trinajstić information content (AvgIpc) is 2.08. The second-order valence-corrected chi connectivity index (χ2v) is 2.29. The molecule has 1 aromatic rings. The molecule has 5 heteroatoms. The predicted molar refractivity (Wildman–Crippen MR) is 38.6 cm³/mol. The first-order valence-electron chi connectivity index (χ1n) is 3.23. The van der Waals surface area contributed by atoms with Gasteiger partial charge in [-0.25, -0.2) is 4.39 Å². The predicted octanol–water partition coefficient (Wildman–Crippen LogP) is 2.12. The Morgan fingerprint density at radius 3 is 2.83 bits per heavy atom. The second kappa shape index (κ2) is 3.17. The lowest BCUT2D eigenvalue weighted by molar-refractivity contribution is -0.474. The summed E-state index contributed by atoms with van der Waals surface area (Å²) in [6.45, 7) is 1.62. The largest absolute Gasteiger partial charge is 0.592 e. The summed E-state index contributed by atoms with van der Waals surface area (Å²) in [5.74, 6) is -0.542. The molecule has 0 aromatic heterocycles. The lowest BCUT2D eigenvalue weighted by Gasteiger charge is -1.99. The maximum atomic E-state index is 12.6. The number of rotatable bonds is 1. The van der Waals surface area contributed by atoms with Crippen molar-refractivity contribution in [2.24, 2.45) is 5.28 Å². The quantitative estimate of drug-likeness (QED) is 0.398. The van der Waals surface area contributed by atoms with E-state index in [-0.39, 0.29) is 10.5 Å². The minimum absolute atomic E-state index is 0.00231. The standard InChI is InChI=1S/C7H7FN2O2/c1-5-2-3-6(8)4-7(5)10(12)9-11/h2-4,11H,1H3/b10-9-. The van der Waals surface area contributed by atoms with Gasteiger partial charge < -0.3 is 10.4 Å². The second-order valence-electron chi connectivity index (χ2n) is 2.29. The zero-order chi connectivity index (χ0) is 9.14. The average molecular weight is 170 g/mol. The molecule has 1 aromatic carbocycles. The van der Waals surface area contributed by atoms with E-state index >= 15 is 0 Å². The molecular formula is C7H7FN2O2. The number of benzene rings is 1. The molecule has 0 aliphatic heterocycles. The molecule has 0 atom stereocenters. The van der Waals surface area contributed by atoms with Gasteiger partial charge in [-0.05, 0) is 23.9 Å². The van der Waals surface area contributed by atoms with E-state index in [1.54, 1.807) is 6.92 Å². The smallest absolute Gasteiger partial charge is 0.254 e. The lowest BCUT2D eigenvalue weighted by Crippen LogP contribution is -1.94. The molecule has 0 heterocycles. The number of aryl methyl sites for hydroxylation is 1. The van der Waals surface area contributed by atoms with E-state index in [2.05, 4.69) is 5.28 Å². The van der Waals surface area contributed by atoms with Crippen LogP contribution in [0, 0.1) is 17.9 Å². The van der Waals surface area contributed by atoms with Gasteiger partial charge in [-0.2, -0.15) is 0 Å². The summed E-state index contributed by atoms with van der Waals surface area (Å²) < 4.78 is 12.6. The zero-order valence-corrected chi connectivity index (χ0v) is 6.36. The molecule has 1 N–H and O–H groups in total. The third-order valence-electron chi connectivity index (χ3n) is 1.46. The van der Waals surface area contributed by atoms with Crippen molar-refractivity contribution in [3.05, 3.63) is 34.8 Å². The Morgan fingerprint density at radius 2 is 2.25 bits per heavy atom. The molecule has 4 nitrogen and oxygen atoms in total. The molecule has 0 unspecified atom stereocenters. The van der Waals surface area contributed by atoms with E-state index in [4.69, 9.17) is 5.21 Å². The molecule has 1 rings (SSSR count). The first kappa shape index (κ1) is 8.45. The molecule has 0 aliphatic carbocycles. The van der Waals surface area contributed by atoms with Gasteiger partial charge in [-0.15, -0.1) is 0 Å². The van der Waals surface area contributed by atoms with Gasteiger partial charge >= 0.3 is 0 Å². The van der Waals surface area contributed by atoms with Crippen LogP contribution in [0.2, 0.25) is 0 Å². The fourth-order valence-corrected chi connectivity index (χ4v) is 0.837. The van der Waals surface area contributed by atoms with E-state index in [1.165, 1.54) is 12.1 Å². The summed E-state index contributed by atoms with van der Waals surface area (Å²) in [7, 11) is 0. The highest BCUT2D eigenvalue weighted by Gasteiger charge is 2.09. The lowest BCUT2D eigenvalue weighted by atomic mass is 10.2. The molecule has 0 amide bonds. The molecular weight excluding hydrogens is 163 g/mol.